The van der Waals surface area contributed by atoms with Crippen molar-refractivity contribution in [2.75, 3.05) is 25.0 Å². The van der Waals surface area contributed by atoms with Crippen LogP contribution in [-0.4, -0.2) is 30.9 Å². The molecule has 3 nitrogen and oxygen atoms in total. The highest BCUT2D eigenvalue weighted by atomic mass is 35.5. The molecule has 26 heavy (non-hydrogen) atoms. The van der Waals surface area contributed by atoms with Crippen LogP contribution in [0.15, 0.2) is 36.4 Å². The Morgan fingerprint density at radius 2 is 1.96 bits per heavy atom. The van der Waals surface area contributed by atoms with E-state index in [1.165, 1.54) is 11.1 Å². The molecule has 0 aromatic heterocycles. The normalized spacial score (nSPS) is 21.0. The van der Waals surface area contributed by atoms with Crippen LogP contribution in [0.25, 0.3) is 0 Å². The van der Waals surface area contributed by atoms with Crippen molar-refractivity contribution in [2.24, 2.45) is 0 Å². The van der Waals surface area contributed by atoms with Gasteiger partial charge in [-0.05, 0) is 60.8 Å². The van der Waals surface area contributed by atoms with E-state index in [4.69, 9.17) is 23.2 Å². The number of hydrogen-bond acceptors (Lipinski definition) is 2. The minimum atomic E-state index is 0.194. The average molecular weight is 389 g/mol. The van der Waals surface area contributed by atoms with Gasteiger partial charge in [-0.2, -0.15) is 0 Å². The minimum absolute atomic E-state index is 0.194. The summed E-state index contributed by atoms with van der Waals surface area (Å²) in [7, 11) is 2.11. The van der Waals surface area contributed by atoms with Gasteiger partial charge in [0.2, 0.25) is 5.91 Å². The predicted octanol–water partition coefficient (Wildman–Crippen LogP) is 5.09. The van der Waals surface area contributed by atoms with Gasteiger partial charge < -0.3 is 9.80 Å². The van der Waals surface area contributed by atoms with E-state index in [2.05, 4.69) is 24.1 Å². The third-order valence-electron chi connectivity index (χ3n) is 5.40. The van der Waals surface area contributed by atoms with Gasteiger partial charge in [-0.15, -0.1) is 0 Å². The summed E-state index contributed by atoms with van der Waals surface area (Å²) in [6.07, 6.45) is 2.70. The van der Waals surface area contributed by atoms with Crippen molar-refractivity contribution in [2.45, 2.75) is 31.7 Å². The number of amides is 1. The van der Waals surface area contributed by atoms with E-state index in [9.17, 15) is 4.79 Å². The Hall–Kier alpha value is -1.55. The molecule has 2 aromatic carbocycles. The Balaban J connectivity index is 1.75. The Morgan fingerprint density at radius 3 is 2.77 bits per heavy atom. The van der Waals surface area contributed by atoms with Crippen LogP contribution in [0.5, 0.6) is 0 Å². The summed E-state index contributed by atoms with van der Waals surface area (Å²) in [4.78, 5) is 16.5. The van der Waals surface area contributed by atoms with Gasteiger partial charge in [0.15, 0.2) is 0 Å². The summed E-state index contributed by atoms with van der Waals surface area (Å²) in [5, 5.41) is 1.40. The summed E-state index contributed by atoms with van der Waals surface area (Å²) in [6.45, 7) is 2.54. The second-order valence-electron chi connectivity index (χ2n) is 7.30. The van der Waals surface area contributed by atoms with Gasteiger partial charge in [0.1, 0.15) is 0 Å². The smallest absolute Gasteiger partial charge is 0.226 e. The van der Waals surface area contributed by atoms with E-state index < -0.39 is 0 Å². The Bertz CT molecular complexity index is 852. The number of hydrogen-bond donors (Lipinski definition) is 0. The molecular formula is C21H22Cl2N2O. The Kier molecular flexibility index (Phi) is 4.96. The molecular weight excluding hydrogens is 367 g/mol. The van der Waals surface area contributed by atoms with Crippen LogP contribution < -0.4 is 4.90 Å². The topological polar surface area (TPSA) is 23.6 Å². The van der Waals surface area contributed by atoms with Crippen LogP contribution in [0.1, 0.15) is 41.9 Å². The maximum atomic E-state index is 12.3. The predicted molar refractivity (Wildman–Crippen MR) is 107 cm³/mol. The summed E-state index contributed by atoms with van der Waals surface area (Å²) < 4.78 is 0. The summed E-state index contributed by atoms with van der Waals surface area (Å²) in [6, 6.07) is 12.2. The van der Waals surface area contributed by atoms with Crippen LogP contribution in [-0.2, 0) is 11.3 Å². The van der Waals surface area contributed by atoms with E-state index in [1.807, 2.05) is 29.2 Å². The van der Waals surface area contributed by atoms with E-state index in [-0.39, 0.29) is 11.8 Å². The van der Waals surface area contributed by atoms with Gasteiger partial charge in [-0.1, -0.05) is 35.3 Å². The number of nitrogens with zero attached hydrogens (tertiary/aromatic N) is 2. The second kappa shape index (κ2) is 7.22. The number of anilines is 1. The molecule has 2 aliphatic rings. The molecule has 0 saturated carbocycles. The lowest BCUT2D eigenvalue weighted by molar-refractivity contribution is -0.119. The SMILES string of the molecule is CN1Cc2c(Cl)cc(Cl)cc2[C@H](c2cccc(N3CCCCC3=O)c2)C1. The quantitative estimate of drug-likeness (QED) is 0.715. The third-order valence-corrected chi connectivity index (χ3v) is 5.96. The van der Waals surface area contributed by atoms with Crippen molar-refractivity contribution in [3.8, 4) is 0 Å². The maximum Gasteiger partial charge on any atom is 0.226 e. The third kappa shape index (κ3) is 3.36. The van der Waals surface area contributed by atoms with Crippen molar-refractivity contribution in [1.29, 1.82) is 0 Å². The van der Waals surface area contributed by atoms with Crippen molar-refractivity contribution in [3.05, 3.63) is 63.1 Å². The molecule has 1 amide bonds. The van der Waals surface area contributed by atoms with Crippen LogP contribution in [0.3, 0.4) is 0 Å². The first-order chi connectivity index (χ1) is 12.5. The molecule has 1 fully saturated rings. The van der Waals surface area contributed by atoms with Crippen molar-refractivity contribution >= 4 is 34.8 Å². The fraction of sp³-hybridized carbons (Fsp3) is 0.381. The van der Waals surface area contributed by atoms with Crippen molar-refractivity contribution in [1.82, 2.24) is 4.90 Å². The number of piperidine rings is 1. The minimum Gasteiger partial charge on any atom is -0.312 e. The molecule has 0 N–H and O–H groups in total. The molecule has 2 heterocycles. The maximum absolute atomic E-state index is 12.3. The molecule has 0 radical (unpaired) electrons. The zero-order chi connectivity index (χ0) is 18.3. The van der Waals surface area contributed by atoms with Crippen LogP contribution in [0.2, 0.25) is 10.0 Å². The largest absolute Gasteiger partial charge is 0.312 e. The van der Waals surface area contributed by atoms with E-state index >= 15 is 0 Å². The number of carbonyl (C=O) groups excluding carboxylic acids is 1. The zero-order valence-electron chi connectivity index (χ0n) is 14.8. The molecule has 0 bridgehead atoms. The summed E-state index contributed by atoms with van der Waals surface area (Å²) in [5.74, 6) is 0.417. The fourth-order valence-corrected chi connectivity index (χ4v) is 4.69. The molecule has 1 atom stereocenters. The Labute approximate surface area is 164 Å². The zero-order valence-corrected chi connectivity index (χ0v) is 16.4. The molecule has 2 aromatic rings. The summed E-state index contributed by atoms with van der Waals surface area (Å²) in [5.41, 5.74) is 4.54. The number of carbonyl (C=O) groups is 1. The number of halogens is 2. The van der Waals surface area contributed by atoms with Gasteiger partial charge in [0, 0.05) is 47.7 Å². The monoisotopic (exact) mass is 388 g/mol. The second-order valence-corrected chi connectivity index (χ2v) is 8.15. The lowest BCUT2D eigenvalue weighted by Gasteiger charge is -2.34. The highest BCUT2D eigenvalue weighted by Crippen LogP contribution is 2.39. The van der Waals surface area contributed by atoms with Crippen molar-refractivity contribution < 1.29 is 4.79 Å². The lowest BCUT2D eigenvalue weighted by atomic mass is 9.84. The molecule has 1 saturated heterocycles. The van der Waals surface area contributed by atoms with Crippen LogP contribution in [0, 0.1) is 0 Å². The molecule has 4 rings (SSSR count). The fourth-order valence-electron chi connectivity index (χ4n) is 4.12. The molecule has 136 valence electrons. The first kappa shape index (κ1) is 17.8. The average Bonchev–Trinajstić information content (AvgIpc) is 2.62. The van der Waals surface area contributed by atoms with Crippen LogP contribution >= 0.6 is 23.2 Å². The number of benzene rings is 2. The molecule has 5 heteroatoms. The molecule has 2 aliphatic heterocycles. The highest BCUT2D eigenvalue weighted by Gasteiger charge is 2.28. The van der Waals surface area contributed by atoms with Gasteiger partial charge in [-0.3, -0.25) is 4.79 Å². The molecule has 0 aliphatic carbocycles. The first-order valence-electron chi connectivity index (χ1n) is 9.09. The highest BCUT2D eigenvalue weighted by molar-refractivity contribution is 6.35. The van der Waals surface area contributed by atoms with E-state index in [0.29, 0.717) is 11.4 Å². The van der Waals surface area contributed by atoms with Gasteiger partial charge in [0.05, 0.1) is 0 Å². The van der Waals surface area contributed by atoms with E-state index in [1.54, 1.807) is 0 Å². The molecule has 0 unspecified atom stereocenters. The van der Waals surface area contributed by atoms with Crippen molar-refractivity contribution in [3.63, 3.8) is 0 Å². The van der Waals surface area contributed by atoms with Gasteiger partial charge in [-0.25, -0.2) is 0 Å². The van der Waals surface area contributed by atoms with Gasteiger partial charge in [0.25, 0.3) is 0 Å². The number of likely N-dealkylation sites (N-methyl/N-ethyl adjacent to an activating group) is 1. The van der Waals surface area contributed by atoms with E-state index in [0.717, 1.165) is 48.7 Å². The standard InChI is InChI=1S/C21H22Cl2N2O/c1-24-12-18(17-10-15(22)11-20(23)19(17)13-24)14-5-4-6-16(9-14)25-8-3-2-7-21(25)26/h4-6,9-11,18H,2-3,7-8,12-13H2,1H3/t18-/m0/s1. The molecule has 0 spiro atoms. The van der Waals surface area contributed by atoms with Crippen LogP contribution in [0.4, 0.5) is 5.69 Å². The Morgan fingerprint density at radius 1 is 1.12 bits per heavy atom. The number of rotatable bonds is 2. The number of fused-ring (bicyclic) bond motifs is 1. The summed E-state index contributed by atoms with van der Waals surface area (Å²) >= 11 is 12.8. The lowest BCUT2D eigenvalue weighted by Crippen LogP contribution is -2.35. The van der Waals surface area contributed by atoms with Gasteiger partial charge >= 0.3 is 0 Å². The first-order valence-corrected chi connectivity index (χ1v) is 9.85.